The molecule has 3 amide bonds. The van der Waals surface area contributed by atoms with E-state index in [1.807, 2.05) is 29.6 Å². The first kappa shape index (κ1) is 25.8. The zero-order valence-electron chi connectivity index (χ0n) is 19.7. The standard InChI is InChI=1S/C27H25BrN2O5S/c1-2-35-27(34)23-21(17-11-13-18(28)14-12-17)16-36-24(23)29-22(31)10-4-3-7-15-30-25(32)19-8-5-6-9-20(19)26(30)33/h5-6,8-9,11-14,16H,2-4,7,10,15H2,1H3,(H,29,31). The van der Waals surface area contributed by atoms with Gasteiger partial charge in [-0.1, -0.05) is 46.6 Å². The molecule has 1 N–H and O–H groups in total. The van der Waals surface area contributed by atoms with Crippen LogP contribution in [0.5, 0.6) is 0 Å². The van der Waals surface area contributed by atoms with Gasteiger partial charge in [0.1, 0.15) is 10.6 Å². The van der Waals surface area contributed by atoms with Crippen molar-refractivity contribution in [2.45, 2.75) is 32.6 Å². The highest BCUT2D eigenvalue weighted by Gasteiger charge is 2.34. The minimum Gasteiger partial charge on any atom is -0.462 e. The minimum atomic E-state index is -0.479. The molecular weight excluding hydrogens is 544 g/mol. The van der Waals surface area contributed by atoms with Crippen LogP contribution in [-0.2, 0) is 9.53 Å². The van der Waals surface area contributed by atoms with E-state index in [9.17, 15) is 19.2 Å². The SMILES string of the molecule is CCOC(=O)c1c(-c2ccc(Br)cc2)csc1NC(=O)CCCCCN1C(=O)c2ccccc2C1=O. The Morgan fingerprint density at radius 1 is 0.944 bits per heavy atom. The van der Waals surface area contributed by atoms with E-state index >= 15 is 0 Å². The summed E-state index contributed by atoms with van der Waals surface area (Å²) in [4.78, 5) is 51.5. The first-order valence-corrected chi connectivity index (χ1v) is 13.4. The highest BCUT2D eigenvalue weighted by Crippen LogP contribution is 2.37. The molecule has 0 fully saturated rings. The summed E-state index contributed by atoms with van der Waals surface area (Å²) in [5.41, 5.74) is 2.80. The summed E-state index contributed by atoms with van der Waals surface area (Å²) in [5, 5.41) is 5.16. The maximum Gasteiger partial charge on any atom is 0.341 e. The number of hydrogen-bond donors (Lipinski definition) is 1. The molecule has 7 nitrogen and oxygen atoms in total. The maximum atomic E-state index is 12.7. The van der Waals surface area contributed by atoms with E-state index in [0.717, 1.165) is 10.0 Å². The lowest BCUT2D eigenvalue weighted by atomic mass is 10.0. The van der Waals surface area contributed by atoms with Crippen LogP contribution in [0.15, 0.2) is 58.4 Å². The Kier molecular flexibility index (Phi) is 8.32. The molecule has 1 aliphatic heterocycles. The number of hydrogen-bond acceptors (Lipinski definition) is 6. The number of nitrogens with one attached hydrogen (secondary N) is 1. The second kappa shape index (κ2) is 11.6. The average Bonchev–Trinajstić information content (AvgIpc) is 3.39. The van der Waals surface area contributed by atoms with Gasteiger partial charge in [-0.15, -0.1) is 11.3 Å². The van der Waals surface area contributed by atoms with Crippen LogP contribution in [-0.4, -0.2) is 41.7 Å². The third-order valence-corrected chi connectivity index (χ3v) is 7.27. The number of nitrogens with zero attached hydrogens (tertiary/aromatic N) is 1. The van der Waals surface area contributed by atoms with E-state index in [4.69, 9.17) is 4.74 Å². The number of unbranched alkanes of at least 4 members (excludes halogenated alkanes) is 2. The van der Waals surface area contributed by atoms with Crippen LogP contribution < -0.4 is 5.32 Å². The van der Waals surface area contributed by atoms with Crippen LogP contribution in [0.2, 0.25) is 0 Å². The molecule has 2 heterocycles. The molecule has 9 heteroatoms. The lowest BCUT2D eigenvalue weighted by molar-refractivity contribution is -0.116. The lowest BCUT2D eigenvalue weighted by Gasteiger charge is -2.13. The first-order chi connectivity index (χ1) is 17.4. The van der Waals surface area contributed by atoms with Gasteiger partial charge in [0.05, 0.1) is 17.7 Å². The van der Waals surface area contributed by atoms with Crippen molar-refractivity contribution in [3.05, 3.63) is 75.1 Å². The van der Waals surface area contributed by atoms with Crippen LogP contribution in [0, 0.1) is 0 Å². The molecule has 0 radical (unpaired) electrons. The summed E-state index contributed by atoms with van der Waals surface area (Å²) in [6, 6.07) is 14.4. The quantitative estimate of drug-likeness (QED) is 0.180. The number of esters is 1. The number of benzene rings is 2. The maximum absolute atomic E-state index is 12.7. The van der Waals surface area contributed by atoms with Gasteiger partial charge in [-0.05, 0) is 49.6 Å². The third kappa shape index (κ3) is 5.57. The molecular formula is C27H25BrN2O5S. The summed E-state index contributed by atoms with van der Waals surface area (Å²) >= 11 is 4.70. The van der Waals surface area contributed by atoms with Gasteiger partial charge >= 0.3 is 5.97 Å². The van der Waals surface area contributed by atoms with Crippen molar-refractivity contribution >= 4 is 56.0 Å². The fourth-order valence-corrected chi connectivity index (χ4v) is 5.30. The molecule has 0 unspecified atom stereocenters. The number of amides is 3. The van der Waals surface area contributed by atoms with Crippen LogP contribution in [0.4, 0.5) is 5.00 Å². The van der Waals surface area contributed by atoms with E-state index in [0.29, 0.717) is 53.1 Å². The number of halogens is 1. The summed E-state index contributed by atoms with van der Waals surface area (Å²) in [6.45, 7) is 2.29. The zero-order chi connectivity index (χ0) is 25.7. The molecule has 3 aromatic rings. The molecule has 2 aromatic carbocycles. The van der Waals surface area contributed by atoms with Gasteiger partial charge in [0.2, 0.25) is 5.91 Å². The lowest BCUT2D eigenvalue weighted by Crippen LogP contribution is -2.30. The van der Waals surface area contributed by atoms with Gasteiger partial charge in [-0.2, -0.15) is 0 Å². The van der Waals surface area contributed by atoms with Crippen molar-refractivity contribution in [1.82, 2.24) is 4.90 Å². The van der Waals surface area contributed by atoms with Crippen molar-refractivity contribution in [2.75, 3.05) is 18.5 Å². The summed E-state index contributed by atoms with van der Waals surface area (Å²) < 4.78 is 6.17. The van der Waals surface area contributed by atoms with Crippen LogP contribution in [0.3, 0.4) is 0 Å². The topological polar surface area (TPSA) is 92.8 Å². The minimum absolute atomic E-state index is 0.203. The summed E-state index contributed by atoms with van der Waals surface area (Å²) in [5.74, 6) is -1.21. The molecule has 0 saturated heterocycles. The van der Waals surface area contributed by atoms with Crippen LogP contribution in [0.1, 0.15) is 63.7 Å². The van der Waals surface area contributed by atoms with Crippen LogP contribution >= 0.6 is 27.3 Å². The van der Waals surface area contributed by atoms with Gasteiger partial charge in [-0.25, -0.2) is 4.79 Å². The molecule has 36 heavy (non-hydrogen) atoms. The van der Waals surface area contributed by atoms with Gasteiger partial charge < -0.3 is 10.1 Å². The molecule has 1 aromatic heterocycles. The molecule has 4 rings (SSSR count). The van der Waals surface area contributed by atoms with Crippen LogP contribution in [0.25, 0.3) is 11.1 Å². The fraction of sp³-hybridized carbons (Fsp3) is 0.259. The Balaban J connectivity index is 1.31. The number of anilines is 1. The smallest absolute Gasteiger partial charge is 0.341 e. The molecule has 0 spiro atoms. The average molecular weight is 569 g/mol. The third-order valence-electron chi connectivity index (χ3n) is 5.84. The van der Waals surface area contributed by atoms with Crippen molar-refractivity contribution in [1.29, 1.82) is 0 Å². The number of carbonyl (C=O) groups is 4. The number of rotatable bonds is 10. The molecule has 0 bridgehead atoms. The zero-order valence-corrected chi connectivity index (χ0v) is 22.1. The fourth-order valence-electron chi connectivity index (χ4n) is 4.06. The van der Waals surface area contributed by atoms with Crippen molar-refractivity contribution in [3.63, 3.8) is 0 Å². The van der Waals surface area contributed by atoms with Crippen molar-refractivity contribution in [2.24, 2.45) is 0 Å². The molecule has 1 aliphatic rings. The highest BCUT2D eigenvalue weighted by molar-refractivity contribution is 9.10. The largest absolute Gasteiger partial charge is 0.462 e. The van der Waals surface area contributed by atoms with E-state index in [1.54, 1.807) is 31.2 Å². The predicted molar refractivity (Wildman–Crippen MR) is 142 cm³/mol. The number of ether oxygens (including phenoxy) is 1. The Morgan fingerprint density at radius 2 is 1.61 bits per heavy atom. The van der Waals surface area contributed by atoms with E-state index in [2.05, 4.69) is 21.2 Å². The van der Waals surface area contributed by atoms with Crippen molar-refractivity contribution < 1.29 is 23.9 Å². The van der Waals surface area contributed by atoms with Crippen molar-refractivity contribution in [3.8, 4) is 11.1 Å². The number of fused-ring (bicyclic) bond motifs is 1. The molecule has 0 aliphatic carbocycles. The number of carbonyl (C=O) groups excluding carboxylic acids is 4. The van der Waals surface area contributed by atoms with Gasteiger partial charge in [0, 0.05) is 28.4 Å². The monoisotopic (exact) mass is 568 g/mol. The highest BCUT2D eigenvalue weighted by atomic mass is 79.9. The van der Waals surface area contributed by atoms with Gasteiger partial charge in [-0.3, -0.25) is 19.3 Å². The Morgan fingerprint density at radius 3 is 2.25 bits per heavy atom. The summed E-state index contributed by atoms with van der Waals surface area (Å²) in [6.07, 6.45) is 2.14. The first-order valence-electron chi connectivity index (χ1n) is 11.7. The van der Waals surface area contributed by atoms with Gasteiger partial charge in [0.25, 0.3) is 11.8 Å². The number of imide groups is 1. The van der Waals surface area contributed by atoms with Gasteiger partial charge in [0.15, 0.2) is 0 Å². The second-order valence-electron chi connectivity index (χ2n) is 8.25. The summed E-state index contributed by atoms with van der Waals surface area (Å²) in [7, 11) is 0. The normalized spacial score (nSPS) is 12.6. The number of thiophene rings is 1. The Bertz CT molecular complexity index is 1270. The van der Waals surface area contributed by atoms with E-state index in [1.165, 1.54) is 16.2 Å². The second-order valence-corrected chi connectivity index (χ2v) is 10.0. The molecule has 0 atom stereocenters. The predicted octanol–water partition coefficient (Wildman–Crippen LogP) is 6.15. The molecule has 186 valence electrons. The molecule has 0 saturated carbocycles. The van der Waals surface area contributed by atoms with E-state index < -0.39 is 5.97 Å². The Labute approximate surface area is 221 Å². The Hall–Kier alpha value is -3.30. The van der Waals surface area contributed by atoms with E-state index in [-0.39, 0.29) is 30.7 Å².